The number of thioether (sulfide) groups is 1. The van der Waals surface area contributed by atoms with Crippen LogP contribution in [0, 0.1) is 0 Å². The molecule has 0 bridgehead atoms. The number of hydrogen-bond acceptors (Lipinski definition) is 5. The van der Waals surface area contributed by atoms with E-state index in [-0.39, 0.29) is 17.8 Å². The van der Waals surface area contributed by atoms with Crippen molar-refractivity contribution < 1.29 is 14.3 Å². The van der Waals surface area contributed by atoms with Crippen molar-refractivity contribution in [3.63, 3.8) is 0 Å². The minimum atomic E-state index is -0.365. The first kappa shape index (κ1) is 12.1. The van der Waals surface area contributed by atoms with Crippen LogP contribution in [0.4, 0.5) is 0 Å². The molecule has 4 N–H and O–H groups in total. The molecule has 6 heteroatoms. The second-order valence-electron chi connectivity index (χ2n) is 3.04. The molecule has 1 rings (SSSR count). The molecule has 0 fully saturated rings. The number of hydrogen-bond donors (Lipinski definition) is 3. The zero-order chi connectivity index (χ0) is 11.3. The summed E-state index contributed by atoms with van der Waals surface area (Å²) in [6.45, 7) is 2.00. The molecule has 0 spiro atoms. The number of hydrazine groups is 1. The molecule has 0 aliphatic carbocycles. The standard InChI is InChI=1S/C9H14N2O3S/c1-6(4-12)15-5-8-7(2-3-14-8)9(13)11-10/h2-3,6,12H,4-5,10H2,1H3,(H,11,13). The normalized spacial score (nSPS) is 12.5. The molecule has 1 atom stereocenters. The van der Waals surface area contributed by atoms with E-state index in [9.17, 15) is 4.79 Å². The molecule has 1 aromatic heterocycles. The molecule has 0 saturated heterocycles. The van der Waals surface area contributed by atoms with Gasteiger partial charge in [0, 0.05) is 5.25 Å². The number of aliphatic hydroxyl groups is 1. The lowest BCUT2D eigenvalue weighted by Gasteiger charge is -2.06. The Balaban J connectivity index is 2.61. The van der Waals surface area contributed by atoms with E-state index in [0.29, 0.717) is 17.1 Å². The summed E-state index contributed by atoms with van der Waals surface area (Å²) >= 11 is 1.51. The fraction of sp³-hybridized carbons (Fsp3) is 0.444. The molecule has 1 unspecified atom stereocenters. The van der Waals surface area contributed by atoms with Gasteiger partial charge in [-0.25, -0.2) is 5.84 Å². The van der Waals surface area contributed by atoms with Gasteiger partial charge in [-0.05, 0) is 6.07 Å². The summed E-state index contributed by atoms with van der Waals surface area (Å²) in [5.74, 6) is 5.77. The fourth-order valence-electron chi connectivity index (χ4n) is 1.00. The van der Waals surface area contributed by atoms with E-state index in [1.54, 1.807) is 6.07 Å². The van der Waals surface area contributed by atoms with E-state index in [2.05, 4.69) is 5.43 Å². The first-order chi connectivity index (χ1) is 7.19. The van der Waals surface area contributed by atoms with Crippen LogP contribution in [-0.2, 0) is 5.75 Å². The van der Waals surface area contributed by atoms with Gasteiger partial charge in [0.1, 0.15) is 5.76 Å². The van der Waals surface area contributed by atoms with Gasteiger partial charge in [-0.1, -0.05) is 6.92 Å². The summed E-state index contributed by atoms with van der Waals surface area (Å²) in [4.78, 5) is 11.3. The molecule has 1 heterocycles. The highest BCUT2D eigenvalue weighted by Crippen LogP contribution is 2.20. The zero-order valence-corrected chi connectivity index (χ0v) is 9.21. The minimum Gasteiger partial charge on any atom is -0.468 e. The van der Waals surface area contributed by atoms with Crippen LogP contribution in [0.5, 0.6) is 0 Å². The molecule has 0 aliphatic heterocycles. The monoisotopic (exact) mass is 230 g/mol. The summed E-state index contributed by atoms with van der Waals surface area (Å²) in [5, 5.41) is 8.95. The largest absolute Gasteiger partial charge is 0.468 e. The van der Waals surface area contributed by atoms with Gasteiger partial charge >= 0.3 is 0 Å². The van der Waals surface area contributed by atoms with Crippen molar-refractivity contribution in [3.8, 4) is 0 Å². The van der Waals surface area contributed by atoms with Crippen molar-refractivity contribution in [1.29, 1.82) is 0 Å². The van der Waals surface area contributed by atoms with E-state index < -0.39 is 0 Å². The SMILES string of the molecule is CC(CO)SCc1occc1C(=O)NN. The van der Waals surface area contributed by atoms with E-state index >= 15 is 0 Å². The van der Waals surface area contributed by atoms with Crippen molar-refractivity contribution in [2.75, 3.05) is 6.61 Å². The van der Waals surface area contributed by atoms with Crippen LogP contribution in [0.2, 0.25) is 0 Å². The lowest BCUT2D eigenvalue weighted by atomic mass is 10.2. The number of nitrogens with two attached hydrogens (primary N) is 1. The highest BCUT2D eigenvalue weighted by molar-refractivity contribution is 7.99. The fourth-order valence-corrected chi connectivity index (χ4v) is 1.77. The maximum atomic E-state index is 11.3. The van der Waals surface area contributed by atoms with Gasteiger partial charge in [0.05, 0.1) is 24.2 Å². The predicted octanol–water partition coefficient (Wildman–Crippen LogP) is 0.497. The van der Waals surface area contributed by atoms with E-state index in [0.717, 1.165) is 0 Å². The summed E-state index contributed by atoms with van der Waals surface area (Å²) in [7, 11) is 0. The molecular formula is C9H14N2O3S. The number of nitrogens with one attached hydrogen (secondary N) is 1. The average Bonchev–Trinajstić information content (AvgIpc) is 2.72. The molecular weight excluding hydrogens is 216 g/mol. The zero-order valence-electron chi connectivity index (χ0n) is 8.40. The van der Waals surface area contributed by atoms with E-state index in [1.165, 1.54) is 18.0 Å². The van der Waals surface area contributed by atoms with Crippen LogP contribution < -0.4 is 11.3 Å². The molecule has 1 aromatic rings. The molecule has 84 valence electrons. The number of carbonyl (C=O) groups is 1. The van der Waals surface area contributed by atoms with Crippen LogP contribution in [0.15, 0.2) is 16.7 Å². The Morgan fingerprint density at radius 1 is 1.80 bits per heavy atom. The van der Waals surface area contributed by atoms with Crippen LogP contribution in [0.3, 0.4) is 0 Å². The number of amides is 1. The third-order valence-electron chi connectivity index (χ3n) is 1.88. The molecule has 0 saturated carbocycles. The van der Waals surface area contributed by atoms with Crippen LogP contribution in [0.25, 0.3) is 0 Å². The van der Waals surface area contributed by atoms with Gasteiger partial charge in [-0.2, -0.15) is 0 Å². The molecule has 15 heavy (non-hydrogen) atoms. The van der Waals surface area contributed by atoms with Gasteiger partial charge in [0.2, 0.25) is 0 Å². The van der Waals surface area contributed by atoms with E-state index in [4.69, 9.17) is 15.4 Å². The Bertz CT molecular complexity index is 327. The Labute approximate surface area is 92.0 Å². The summed E-state index contributed by atoms with van der Waals surface area (Å²) in [6.07, 6.45) is 1.45. The number of furan rings is 1. The Morgan fingerprint density at radius 3 is 3.13 bits per heavy atom. The highest BCUT2D eigenvalue weighted by Gasteiger charge is 2.14. The summed E-state index contributed by atoms with van der Waals surface area (Å²) in [5.41, 5.74) is 2.49. The minimum absolute atomic E-state index is 0.101. The van der Waals surface area contributed by atoms with Crippen molar-refractivity contribution in [2.45, 2.75) is 17.9 Å². The smallest absolute Gasteiger partial charge is 0.268 e. The first-order valence-electron chi connectivity index (χ1n) is 4.48. The van der Waals surface area contributed by atoms with Gasteiger partial charge in [0.25, 0.3) is 5.91 Å². The molecule has 0 aromatic carbocycles. The highest BCUT2D eigenvalue weighted by atomic mass is 32.2. The van der Waals surface area contributed by atoms with E-state index in [1.807, 2.05) is 6.92 Å². The summed E-state index contributed by atoms with van der Waals surface area (Å²) < 4.78 is 5.16. The predicted molar refractivity (Wildman–Crippen MR) is 58.2 cm³/mol. The first-order valence-corrected chi connectivity index (χ1v) is 5.53. The van der Waals surface area contributed by atoms with Gasteiger partial charge < -0.3 is 9.52 Å². The Morgan fingerprint density at radius 2 is 2.53 bits per heavy atom. The second-order valence-corrected chi connectivity index (χ2v) is 4.46. The van der Waals surface area contributed by atoms with Crippen molar-refractivity contribution in [2.24, 2.45) is 5.84 Å². The maximum absolute atomic E-state index is 11.3. The maximum Gasteiger partial charge on any atom is 0.268 e. The number of aliphatic hydroxyl groups excluding tert-OH is 1. The number of nitrogen functional groups attached to an aromatic ring is 1. The lowest BCUT2D eigenvalue weighted by molar-refractivity contribution is 0.0952. The molecule has 5 nitrogen and oxygen atoms in total. The van der Waals surface area contributed by atoms with Gasteiger partial charge in [0.15, 0.2) is 0 Å². The number of rotatable bonds is 5. The van der Waals surface area contributed by atoms with Crippen molar-refractivity contribution in [1.82, 2.24) is 5.43 Å². The third kappa shape index (κ3) is 3.26. The molecule has 0 radical (unpaired) electrons. The summed E-state index contributed by atoms with van der Waals surface area (Å²) in [6, 6.07) is 1.57. The quantitative estimate of drug-likeness (QED) is 0.389. The lowest BCUT2D eigenvalue weighted by Crippen LogP contribution is -2.30. The van der Waals surface area contributed by atoms with Crippen molar-refractivity contribution >= 4 is 17.7 Å². The van der Waals surface area contributed by atoms with Crippen molar-refractivity contribution in [3.05, 3.63) is 23.7 Å². The van der Waals surface area contributed by atoms with Crippen LogP contribution >= 0.6 is 11.8 Å². The van der Waals surface area contributed by atoms with Crippen LogP contribution in [0.1, 0.15) is 23.0 Å². The Kier molecular flexibility index (Phi) is 4.67. The van der Waals surface area contributed by atoms with Gasteiger partial charge in [-0.3, -0.25) is 10.2 Å². The average molecular weight is 230 g/mol. The van der Waals surface area contributed by atoms with Crippen LogP contribution in [-0.4, -0.2) is 22.9 Å². The number of carbonyl (C=O) groups excluding carboxylic acids is 1. The molecule has 0 aliphatic rings. The van der Waals surface area contributed by atoms with Gasteiger partial charge in [-0.15, -0.1) is 11.8 Å². The Hall–Kier alpha value is -0.980. The second kappa shape index (κ2) is 5.79. The topological polar surface area (TPSA) is 88.5 Å². The molecule has 1 amide bonds. The third-order valence-corrected chi connectivity index (χ3v) is 3.02.